The van der Waals surface area contributed by atoms with Gasteiger partial charge in [-0.3, -0.25) is 0 Å². The quantitative estimate of drug-likeness (QED) is 0.622. The lowest BCUT2D eigenvalue weighted by Crippen LogP contribution is -2.33. The fraction of sp³-hybridized carbons (Fsp3) is 0.600. The fourth-order valence-corrected chi connectivity index (χ4v) is 2.90. The van der Waals surface area contributed by atoms with Crippen LogP contribution in [0.3, 0.4) is 0 Å². The molecular formula is C15H22S. The summed E-state index contributed by atoms with van der Waals surface area (Å²) in [6.07, 6.45) is 2.54. The lowest BCUT2D eigenvalue weighted by molar-refractivity contribution is 0.331. The number of hydrogen-bond donors (Lipinski definition) is 1. The largest absolute Gasteiger partial charge is 0.143 e. The summed E-state index contributed by atoms with van der Waals surface area (Å²) in [6.45, 7) is 11.6. The zero-order valence-corrected chi connectivity index (χ0v) is 11.9. The van der Waals surface area contributed by atoms with Gasteiger partial charge in [0.2, 0.25) is 0 Å². The molecule has 1 aromatic carbocycles. The van der Waals surface area contributed by atoms with Crippen LogP contribution in [0.1, 0.15) is 57.2 Å². The highest BCUT2D eigenvalue weighted by molar-refractivity contribution is 7.80. The van der Waals surface area contributed by atoms with Gasteiger partial charge in [-0.15, -0.1) is 12.6 Å². The second-order valence-electron chi connectivity index (χ2n) is 6.45. The van der Waals surface area contributed by atoms with Crippen molar-refractivity contribution in [3.05, 3.63) is 28.8 Å². The summed E-state index contributed by atoms with van der Waals surface area (Å²) in [4.78, 5) is 1.13. The molecule has 0 N–H and O–H groups in total. The van der Waals surface area contributed by atoms with Crippen molar-refractivity contribution >= 4 is 12.6 Å². The predicted molar refractivity (Wildman–Crippen MR) is 73.7 cm³/mol. The minimum absolute atomic E-state index is 0.302. The molecule has 0 nitrogen and oxygen atoms in total. The van der Waals surface area contributed by atoms with Gasteiger partial charge in [0.25, 0.3) is 0 Å². The van der Waals surface area contributed by atoms with Crippen molar-refractivity contribution in [2.45, 2.75) is 63.2 Å². The van der Waals surface area contributed by atoms with Gasteiger partial charge in [-0.1, -0.05) is 33.8 Å². The van der Waals surface area contributed by atoms with E-state index in [2.05, 4.69) is 59.4 Å². The van der Waals surface area contributed by atoms with Crippen LogP contribution in [-0.2, 0) is 10.8 Å². The van der Waals surface area contributed by atoms with Crippen LogP contribution in [0.25, 0.3) is 0 Å². The van der Waals surface area contributed by atoms with Gasteiger partial charge in [-0.25, -0.2) is 0 Å². The van der Waals surface area contributed by atoms with Crippen LogP contribution in [-0.4, -0.2) is 0 Å². The summed E-state index contributed by atoms with van der Waals surface area (Å²) < 4.78 is 0. The standard InChI is InChI=1S/C15H22S/c1-10-8-11-12(9-13(10)16)15(4,5)7-6-14(11,2)3/h8-9,16H,6-7H2,1-5H3. The average molecular weight is 234 g/mol. The zero-order chi connectivity index (χ0) is 12.1. The summed E-state index contributed by atoms with van der Waals surface area (Å²) in [7, 11) is 0. The maximum atomic E-state index is 4.57. The van der Waals surface area contributed by atoms with E-state index in [0.717, 1.165) is 4.90 Å². The molecule has 2 rings (SSSR count). The number of benzene rings is 1. The lowest BCUT2D eigenvalue weighted by Gasteiger charge is -2.42. The smallest absolute Gasteiger partial charge is 0.00723 e. The van der Waals surface area contributed by atoms with Gasteiger partial charge in [0.05, 0.1) is 0 Å². The maximum absolute atomic E-state index is 4.57. The Bertz CT molecular complexity index is 386. The summed E-state index contributed by atoms with van der Waals surface area (Å²) in [5.74, 6) is 0. The number of rotatable bonds is 0. The molecule has 1 aliphatic rings. The maximum Gasteiger partial charge on any atom is 0.00723 e. The molecule has 0 aliphatic heterocycles. The zero-order valence-electron chi connectivity index (χ0n) is 11.0. The van der Waals surface area contributed by atoms with Crippen molar-refractivity contribution in [2.24, 2.45) is 0 Å². The second-order valence-corrected chi connectivity index (χ2v) is 6.93. The number of hydrogen-bond acceptors (Lipinski definition) is 1. The number of thiol groups is 1. The van der Waals surface area contributed by atoms with Crippen LogP contribution in [0.15, 0.2) is 17.0 Å². The third-order valence-corrected chi connectivity index (χ3v) is 4.65. The molecule has 0 spiro atoms. The molecule has 1 aromatic rings. The summed E-state index contributed by atoms with van der Waals surface area (Å²) in [6, 6.07) is 4.63. The molecule has 0 saturated heterocycles. The summed E-state index contributed by atoms with van der Waals surface area (Å²) in [5.41, 5.74) is 4.94. The van der Waals surface area contributed by atoms with E-state index in [9.17, 15) is 0 Å². The Balaban J connectivity index is 2.70. The predicted octanol–water partition coefficient (Wildman–Crippen LogP) is 4.63. The van der Waals surface area contributed by atoms with Crippen molar-refractivity contribution in [1.82, 2.24) is 0 Å². The third kappa shape index (κ3) is 1.79. The minimum Gasteiger partial charge on any atom is -0.143 e. The van der Waals surface area contributed by atoms with E-state index in [0.29, 0.717) is 10.8 Å². The Morgan fingerprint density at radius 3 is 1.88 bits per heavy atom. The first-order valence-corrected chi connectivity index (χ1v) is 6.53. The first kappa shape index (κ1) is 12.0. The number of fused-ring (bicyclic) bond motifs is 1. The van der Waals surface area contributed by atoms with E-state index in [4.69, 9.17) is 0 Å². The molecule has 0 aromatic heterocycles. The van der Waals surface area contributed by atoms with Crippen molar-refractivity contribution in [3.63, 3.8) is 0 Å². The molecule has 1 heteroatoms. The van der Waals surface area contributed by atoms with Crippen LogP contribution in [0.5, 0.6) is 0 Å². The van der Waals surface area contributed by atoms with Crippen LogP contribution in [0, 0.1) is 6.92 Å². The van der Waals surface area contributed by atoms with Crippen LogP contribution < -0.4 is 0 Å². The molecule has 88 valence electrons. The molecule has 0 radical (unpaired) electrons. The Labute approximate surface area is 105 Å². The van der Waals surface area contributed by atoms with Crippen molar-refractivity contribution in [1.29, 1.82) is 0 Å². The molecule has 0 atom stereocenters. The monoisotopic (exact) mass is 234 g/mol. The third-order valence-electron chi connectivity index (χ3n) is 4.17. The van der Waals surface area contributed by atoms with Gasteiger partial charge in [0.1, 0.15) is 0 Å². The van der Waals surface area contributed by atoms with Gasteiger partial charge >= 0.3 is 0 Å². The van der Waals surface area contributed by atoms with E-state index in [1.165, 1.54) is 29.5 Å². The van der Waals surface area contributed by atoms with Gasteiger partial charge in [-0.05, 0) is 53.4 Å². The Kier molecular flexibility index (Phi) is 2.66. The Hall–Kier alpha value is -0.430. The highest BCUT2D eigenvalue weighted by atomic mass is 32.1. The molecule has 0 heterocycles. The normalized spacial score (nSPS) is 21.6. The average Bonchev–Trinajstić information content (AvgIpc) is 2.17. The van der Waals surface area contributed by atoms with Crippen LogP contribution in [0.4, 0.5) is 0 Å². The van der Waals surface area contributed by atoms with Crippen molar-refractivity contribution in [2.75, 3.05) is 0 Å². The molecule has 0 unspecified atom stereocenters. The van der Waals surface area contributed by atoms with Crippen molar-refractivity contribution < 1.29 is 0 Å². The van der Waals surface area contributed by atoms with Gasteiger partial charge in [0.15, 0.2) is 0 Å². The second kappa shape index (κ2) is 3.53. The van der Waals surface area contributed by atoms with E-state index in [1.54, 1.807) is 0 Å². The van der Waals surface area contributed by atoms with E-state index in [1.807, 2.05) is 0 Å². The molecular weight excluding hydrogens is 212 g/mol. The first-order chi connectivity index (χ1) is 7.24. The number of aryl methyl sites for hydroxylation is 1. The molecule has 0 amide bonds. The molecule has 16 heavy (non-hydrogen) atoms. The van der Waals surface area contributed by atoms with Crippen LogP contribution in [0.2, 0.25) is 0 Å². The first-order valence-electron chi connectivity index (χ1n) is 6.09. The van der Waals surface area contributed by atoms with Gasteiger partial charge in [-0.2, -0.15) is 0 Å². The molecule has 0 bridgehead atoms. The van der Waals surface area contributed by atoms with E-state index < -0.39 is 0 Å². The Morgan fingerprint density at radius 1 is 0.938 bits per heavy atom. The van der Waals surface area contributed by atoms with Gasteiger partial charge in [0, 0.05) is 4.90 Å². The molecule has 0 saturated carbocycles. The highest BCUT2D eigenvalue weighted by Gasteiger charge is 2.37. The minimum atomic E-state index is 0.302. The lowest BCUT2D eigenvalue weighted by atomic mass is 9.63. The molecule has 0 fully saturated rings. The molecule has 1 aliphatic carbocycles. The Morgan fingerprint density at radius 2 is 1.38 bits per heavy atom. The summed E-state index contributed by atoms with van der Waals surface area (Å²) >= 11 is 4.57. The summed E-state index contributed by atoms with van der Waals surface area (Å²) in [5, 5.41) is 0. The van der Waals surface area contributed by atoms with E-state index >= 15 is 0 Å². The van der Waals surface area contributed by atoms with E-state index in [-0.39, 0.29) is 0 Å². The van der Waals surface area contributed by atoms with Crippen LogP contribution >= 0.6 is 12.6 Å². The topological polar surface area (TPSA) is 0 Å². The fourth-order valence-electron chi connectivity index (χ4n) is 2.71. The van der Waals surface area contributed by atoms with Crippen molar-refractivity contribution in [3.8, 4) is 0 Å². The SMILES string of the molecule is Cc1cc2c(cc1S)C(C)(C)CCC2(C)C. The highest BCUT2D eigenvalue weighted by Crippen LogP contribution is 2.46. The van der Waals surface area contributed by atoms with Gasteiger partial charge < -0.3 is 0 Å².